The molecule has 2 N–H and O–H groups in total. The van der Waals surface area contributed by atoms with Crippen molar-refractivity contribution >= 4 is 21.7 Å². The average molecular weight is 241 g/mol. The van der Waals surface area contributed by atoms with E-state index in [1.54, 1.807) is 37.4 Å². The highest BCUT2D eigenvalue weighted by Gasteiger charge is 2.09. The number of aryl methyl sites for hydroxylation is 1. The van der Waals surface area contributed by atoms with Crippen LogP contribution in [-0.4, -0.2) is 14.8 Å². The maximum absolute atomic E-state index is 12.2. The highest BCUT2D eigenvalue weighted by Crippen LogP contribution is 2.27. The molecular weight excluding hydrogens is 230 g/mol. The standard InChI is InChI=1S/C14H11NO3/c1-15-13-7-9(17)3-5-11(13)10-4-2-8(16)6-12(10)14(15)18/h2-7,16-17H,1H3. The maximum atomic E-state index is 12.2. The number of aromatic nitrogens is 1. The third-order valence-corrected chi connectivity index (χ3v) is 3.17. The van der Waals surface area contributed by atoms with Crippen molar-refractivity contribution in [3.05, 3.63) is 46.8 Å². The normalized spacial score (nSPS) is 11.2. The first-order chi connectivity index (χ1) is 8.58. The van der Waals surface area contributed by atoms with E-state index in [0.717, 1.165) is 10.8 Å². The minimum absolute atomic E-state index is 0.0673. The van der Waals surface area contributed by atoms with E-state index in [0.29, 0.717) is 10.9 Å². The van der Waals surface area contributed by atoms with E-state index in [1.807, 2.05) is 0 Å². The topological polar surface area (TPSA) is 62.5 Å². The zero-order valence-corrected chi connectivity index (χ0v) is 9.71. The molecule has 0 saturated carbocycles. The zero-order valence-electron chi connectivity index (χ0n) is 9.71. The van der Waals surface area contributed by atoms with Crippen LogP contribution in [0.5, 0.6) is 11.5 Å². The van der Waals surface area contributed by atoms with E-state index in [4.69, 9.17) is 0 Å². The van der Waals surface area contributed by atoms with Crippen molar-refractivity contribution in [3.63, 3.8) is 0 Å². The Morgan fingerprint density at radius 1 is 0.889 bits per heavy atom. The molecule has 0 bridgehead atoms. The average Bonchev–Trinajstić information content (AvgIpc) is 2.36. The fourth-order valence-corrected chi connectivity index (χ4v) is 2.26. The number of phenols is 2. The molecule has 0 saturated heterocycles. The van der Waals surface area contributed by atoms with Crippen LogP contribution in [0.1, 0.15) is 0 Å². The van der Waals surface area contributed by atoms with Gasteiger partial charge in [0.2, 0.25) is 0 Å². The lowest BCUT2D eigenvalue weighted by molar-refractivity contribution is 0.475. The highest BCUT2D eigenvalue weighted by molar-refractivity contribution is 6.06. The number of rotatable bonds is 0. The van der Waals surface area contributed by atoms with Gasteiger partial charge in [-0.1, -0.05) is 0 Å². The SMILES string of the molecule is Cn1c(=O)c2cc(O)ccc2c2ccc(O)cc21. The number of pyridine rings is 1. The first-order valence-corrected chi connectivity index (χ1v) is 5.52. The van der Waals surface area contributed by atoms with Gasteiger partial charge < -0.3 is 14.8 Å². The van der Waals surface area contributed by atoms with Crippen LogP contribution in [0.3, 0.4) is 0 Å². The number of benzene rings is 2. The van der Waals surface area contributed by atoms with Crippen LogP contribution >= 0.6 is 0 Å². The first kappa shape index (κ1) is 10.7. The Kier molecular flexibility index (Phi) is 2.07. The van der Waals surface area contributed by atoms with Gasteiger partial charge in [0, 0.05) is 18.5 Å². The Labute approximate surface area is 102 Å². The Balaban J connectivity index is 2.66. The predicted molar refractivity (Wildman–Crippen MR) is 70.0 cm³/mol. The molecular formula is C14H11NO3. The summed E-state index contributed by atoms with van der Waals surface area (Å²) in [6.45, 7) is 0. The van der Waals surface area contributed by atoms with Gasteiger partial charge in [-0.25, -0.2) is 0 Å². The number of phenolic OH excluding ortho intramolecular Hbond substituents is 2. The van der Waals surface area contributed by atoms with E-state index in [1.165, 1.54) is 10.6 Å². The minimum atomic E-state index is -0.195. The molecule has 1 aromatic heterocycles. The van der Waals surface area contributed by atoms with Gasteiger partial charge in [0.05, 0.1) is 10.9 Å². The van der Waals surface area contributed by atoms with E-state index in [-0.39, 0.29) is 17.1 Å². The summed E-state index contributed by atoms with van der Waals surface area (Å²) in [5.74, 6) is 0.188. The van der Waals surface area contributed by atoms with Gasteiger partial charge in [0.25, 0.3) is 5.56 Å². The van der Waals surface area contributed by atoms with Crippen LogP contribution in [-0.2, 0) is 7.05 Å². The third kappa shape index (κ3) is 1.35. The van der Waals surface area contributed by atoms with Crippen molar-refractivity contribution in [2.24, 2.45) is 7.05 Å². The van der Waals surface area contributed by atoms with E-state index >= 15 is 0 Å². The Morgan fingerprint density at radius 3 is 2.22 bits per heavy atom. The molecule has 3 rings (SSSR count). The first-order valence-electron chi connectivity index (χ1n) is 5.52. The second kappa shape index (κ2) is 3.50. The molecule has 1 heterocycles. The largest absolute Gasteiger partial charge is 0.508 e. The zero-order chi connectivity index (χ0) is 12.9. The molecule has 18 heavy (non-hydrogen) atoms. The summed E-state index contributed by atoms with van der Waals surface area (Å²) >= 11 is 0. The van der Waals surface area contributed by atoms with Crippen molar-refractivity contribution < 1.29 is 10.2 Å². The molecule has 0 unspecified atom stereocenters. The summed E-state index contributed by atoms with van der Waals surface area (Å²) in [7, 11) is 1.65. The molecule has 90 valence electrons. The van der Waals surface area contributed by atoms with Gasteiger partial charge in [0.1, 0.15) is 11.5 Å². The van der Waals surface area contributed by atoms with Crippen LogP contribution in [0.2, 0.25) is 0 Å². The molecule has 0 fully saturated rings. The predicted octanol–water partition coefficient (Wildman–Crippen LogP) is 2.10. The molecule has 0 atom stereocenters. The number of nitrogens with zero attached hydrogens (tertiary/aromatic N) is 1. The summed E-state index contributed by atoms with van der Waals surface area (Å²) in [5, 5.41) is 21.1. The van der Waals surface area contributed by atoms with Crippen LogP contribution in [0, 0.1) is 0 Å². The number of hydrogen-bond donors (Lipinski definition) is 2. The molecule has 0 aliphatic carbocycles. The van der Waals surface area contributed by atoms with Crippen molar-refractivity contribution in [1.29, 1.82) is 0 Å². The lowest BCUT2D eigenvalue weighted by atomic mass is 10.1. The van der Waals surface area contributed by atoms with Crippen LogP contribution < -0.4 is 5.56 Å². The van der Waals surface area contributed by atoms with Crippen molar-refractivity contribution in [3.8, 4) is 11.5 Å². The van der Waals surface area contributed by atoms with Crippen molar-refractivity contribution in [2.45, 2.75) is 0 Å². The maximum Gasteiger partial charge on any atom is 0.258 e. The molecule has 2 aromatic carbocycles. The second-order valence-corrected chi connectivity index (χ2v) is 4.30. The molecule has 0 radical (unpaired) electrons. The Bertz CT molecular complexity index is 834. The van der Waals surface area contributed by atoms with Gasteiger partial charge in [-0.05, 0) is 35.7 Å². The summed E-state index contributed by atoms with van der Waals surface area (Å²) in [5.41, 5.74) is 0.470. The number of hydrogen-bond acceptors (Lipinski definition) is 3. The quantitative estimate of drug-likeness (QED) is 0.592. The highest BCUT2D eigenvalue weighted by atomic mass is 16.3. The third-order valence-electron chi connectivity index (χ3n) is 3.17. The van der Waals surface area contributed by atoms with Crippen LogP contribution in [0.15, 0.2) is 41.2 Å². The molecule has 4 nitrogen and oxygen atoms in total. The van der Waals surface area contributed by atoms with Gasteiger partial charge in [-0.15, -0.1) is 0 Å². The van der Waals surface area contributed by atoms with Crippen molar-refractivity contribution in [1.82, 2.24) is 4.57 Å². The smallest absolute Gasteiger partial charge is 0.258 e. The fraction of sp³-hybridized carbons (Fsp3) is 0.0714. The van der Waals surface area contributed by atoms with Crippen LogP contribution in [0.25, 0.3) is 21.7 Å². The van der Waals surface area contributed by atoms with Crippen LogP contribution in [0.4, 0.5) is 0 Å². The second-order valence-electron chi connectivity index (χ2n) is 4.30. The lowest BCUT2D eigenvalue weighted by Crippen LogP contribution is -2.17. The summed E-state index contributed by atoms with van der Waals surface area (Å²) < 4.78 is 1.47. The minimum Gasteiger partial charge on any atom is -0.508 e. The monoisotopic (exact) mass is 241 g/mol. The Morgan fingerprint density at radius 2 is 1.50 bits per heavy atom. The summed E-state index contributed by atoms with van der Waals surface area (Å²) in [4.78, 5) is 12.2. The van der Waals surface area contributed by atoms with Gasteiger partial charge >= 0.3 is 0 Å². The van der Waals surface area contributed by atoms with E-state index < -0.39 is 0 Å². The number of fused-ring (bicyclic) bond motifs is 3. The fourth-order valence-electron chi connectivity index (χ4n) is 2.26. The summed E-state index contributed by atoms with van der Waals surface area (Å²) in [6.07, 6.45) is 0. The van der Waals surface area contributed by atoms with Gasteiger partial charge in [0.15, 0.2) is 0 Å². The van der Waals surface area contributed by atoms with Gasteiger partial charge in [-0.3, -0.25) is 4.79 Å². The lowest BCUT2D eigenvalue weighted by Gasteiger charge is -2.09. The molecule has 0 spiro atoms. The molecule has 0 amide bonds. The number of aromatic hydroxyl groups is 2. The molecule has 0 aliphatic rings. The molecule has 4 heteroatoms. The van der Waals surface area contributed by atoms with E-state index in [2.05, 4.69) is 0 Å². The summed E-state index contributed by atoms with van der Waals surface area (Å²) in [6, 6.07) is 9.63. The van der Waals surface area contributed by atoms with Crippen molar-refractivity contribution in [2.75, 3.05) is 0 Å². The van der Waals surface area contributed by atoms with Gasteiger partial charge in [-0.2, -0.15) is 0 Å². The molecule has 3 aromatic rings. The Hall–Kier alpha value is -2.49. The van der Waals surface area contributed by atoms with E-state index in [9.17, 15) is 15.0 Å². The molecule has 0 aliphatic heterocycles.